The lowest BCUT2D eigenvalue weighted by Gasteiger charge is -2.23. The molecule has 23 nitrogen and oxygen atoms in total. The zero-order valence-corrected chi connectivity index (χ0v) is 58.3. The van der Waals surface area contributed by atoms with Gasteiger partial charge in [-0.25, -0.2) is 34.0 Å². The van der Waals surface area contributed by atoms with Crippen molar-refractivity contribution in [1.82, 2.24) is 30.1 Å². The topological polar surface area (TPSA) is 278 Å². The lowest BCUT2D eigenvalue weighted by molar-refractivity contribution is 0.0755. The number of aromatic hydroxyl groups is 1. The van der Waals surface area contributed by atoms with Crippen LogP contribution in [0.2, 0.25) is 10.0 Å². The van der Waals surface area contributed by atoms with E-state index < -0.39 is 53.5 Å². The van der Waals surface area contributed by atoms with Gasteiger partial charge in [-0.15, -0.1) is 0 Å². The maximum Gasteiger partial charge on any atom is 0.258 e. The first kappa shape index (κ1) is 70.2. The molecule has 30 heteroatoms. The van der Waals surface area contributed by atoms with E-state index in [2.05, 4.69) is 20.3 Å². The quantitative estimate of drug-likeness (QED) is 0.0807. The number of nitrogens with zero attached hydrogens (tertiary/aromatic N) is 8. The van der Waals surface area contributed by atoms with Crippen molar-refractivity contribution < 1.29 is 72.5 Å². The molecule has 2 N–H and O–H groups in total. The number of rotatable bonds is 18. The number of carbonyl (C=O) groups excluding carboxylic acids is 3. The average molecular weight is 1450 g/mol. The lowest BCUT2D eigenvalue weighted by Crippen LogP contribution is -2.26. The average Bonchev–Trinajstić information content (AvgIpc) is 1.67. The molecule has 3 aliphatic heterocycles. The molecule has 10 aromatic rings. The molecule has 0 atom stereocenters. The van der Waals surface area contributed by atoms with Crippen molar-refractivity contribution in [2.75, 3.05) is 67.0 Å². The molecular weight excluding hydrogens is 1380 g/mol. The Bertz CT molecular complexity index is 5280. The second-order valence-corrected chi connectivity index (χ2v) is 30.1. The van der Waals surface area contributed by atoms with Crippen LogP contribution in [0.25, 0.3) is 32.7 Å². The van der Waals surface area contributed by atoms with Crippen molar-refractivity contribution in [2.45, 2.75) is 45.9 Å². The number of benzene rings is 7. The third-order valence-corrected chi connectivity index (χ3v) is 21.1. The third kappa shape index (κ3) is 13.9. The number of carbonyl (C=O) groups is 3. The number of sulfonamides is 3. The van der Waals surface area contributed by atoms with Crippen LogP contribution in [0.3, 0.4) is 0 Å². The minimum Gasteiger partial charge on any atom is -0.505 e. The first-order valence-corrected chi connectivity index (χ1v) is 36.4. The molecule has 0 aliphatic carbocycles. The molecule has 3 aliphatic rings. The molecule has 0 spiro atoms. The van der Waals surface area contributed by atoms with Crippen LogP contribution in [0.1, 0.15) is 70.0 Å². The number of nitrogens with one attached hydrogen (secondary N) is 1. The van der Waals surface area contributed by atoms with Crippen molar-refractivity contribution in [3.63, 3.8) is 0 Å². The Balaban J connectivity index is 0.000000152. The summed E-state index contributed by atoms with van der Waals surface area (Å²) in [5.41, 5.74) is 5.96. The first-order chi connectivity index (χ1) is 47.0. The van der Waals surface area contributed by atoms with Gasteiger partial charge in [0.2, 0.25) is 30.1 Å². The van der Waals surface area contributed by atoms with E-state index in [4.69, 9.17) is 42.1 Å². The van der Waals surface area contributed by atoms with Gasteiger partial charge in [0, 0.05) is 116 Å². The summed E-state index contributed by atoms with van der Waals surface area (Å²) in [6.45, 7) is 0.435. The second kappa shape index (κ2) is 28.0. The van der Waals surface area contributed by atoms with Crippen molar-refractivity contribution in [1.29, 1.82) is 0 Å². The highest BCUT2D eigenvalue weighted by Gasteiger charge is 2.40. The Hall–Kier alpha value is -10.1. The van der Waals surface area contributed by atoms with E-state index in [0.717, 1.165) is 44.3 Å². The van der Waals surface area contributed by atoms with E-state index in [1.807, 2.05) is 36.4 Å². The molecule has 514 valence electrons. The number of pyridine rings is 3. The Morgan fingerprint density at radius 1 is 0.515 bits per heavy atom. The Kier molecular flexibility index (Phi) is 19.9. The van der Waals surface area contributed by atoms with Crippen LogP contribution in [-0.4, -0.2) is 127 Å². The van der Waals surface area contributed by atoms with E-state index in [1.54, 1.807) is 93.3 Å². The molecule has 99 heavy (non-hydrogen) atoms. The van der Waals surface area contributed by atoms with E-state index in [-0.39, 0.29) is 107 Å². The predicted molar refractivity (Wildman–Crippen MR) is 372 cm³/mol. The molecule has 0 fully saturated rings. The molecule has 0 saturated carbocycles. The molecule has 0 unspecified atom stereocenters. The summed E-state index contributed by atoms with van der Waals surface area (Å²) in [6.07, 6.45) is 7.84. The molecule has 0 saturated heterocycles. The SMILES string of the molecule is CN(c1c2c(c(O)c3ncccc13)C(=O)N(Cc1cccc(Cl)c1F)C2)S(C)(=O)=O.COc1ccc(COc2c3c(c(N(C)S(C)(=O)=O)c4cccnc24)CN(Cc2cccc(Cl)c2F)C3=O)cc1.COc1ccc(COc2c3c(c(N(C)S(C)(=O)=O)c4cccnc24)CNC3=O)cc1. The smallest absolute Gasteiger partial charge is 0.258 e. The lowest BCUT2D eigenvalue weighted by atomic mass is 10.0. The molecule has 7 aromatic carbocycles. The summed E-state index contributed by atoms with van der Waals surface area (Å²) in [5.74, 6) is -0.846. The maximum absolute atomic E-state index is 14.7. The summed E-state index contributed by atoms with van der Waals surface area (Å²) >= 11 is 11.8. The van der Waals surface area contributed by atoms with E-state index >= 15 is 0 Å². The molecule has 13 rings (SSSR count). The number of hydrogen-bond acceptors (Lipinski definition) is 17. The van der Waals surface area contributed by atoms with Crippen molar-refractivity contribution in [3.8, 4) is 28.7 Å². The number of phenolic OH excluding ortho intramolecular Hbond substituents is 1. The van der Waals surface area contributed by atoms with Crippen LogP contribution in [0.5, 0.6) is 28.7 Å². The molecule has 3 aromatic heterocycles. The number of ether oxygens (including phenoxy) is 4. The van der Waals surface area contributed by atoms with Gasteiger partial charge >= 0.3 is 0 Å². The third-order valence-electron chi connectivity index (χ3n) is 17.0. The zero-order chi connectivity index (χ0) is 71.2. The maximum atomic E-state index is 14.7. The zero-order valence-electron chi connectivity index (χ0n) is 54.3. The molecule has 6 heterocycles. The number of fused-ring (bicyclic) bond motifs is 6. The standard InChI is InChI=1S/C28H25ClFN3O5S.C21H21N3O5S.C20H17ClFN3O4S/c1-32(39(3,35)36)26-20-7-5-13-31-25(20)27(38-16-17-9-11-19(37-2)12-10-17)23-21(26)15-33(28(23)34)14-18-6-4-8-22(29)24(18)30;1-24(30(3,26)27)19-15-5-4-10-22-18(15)20(17-16(19)11-23-21(17)25)29-12-13-6-8-14(28-2)9-7-13;1-24(30(2,28)29)18-12-6-4-8-23-17(12)19(26)15-13(18)10-25(20(15)27)9-11-5-3-7-14(21)16(11)22/h4-13H,14-16H2,1-3H3;4-10H,11-12H2,1-3H3,(H,23,25);3-8,26H,9-10H2,1-2H3. The first-order valence-electron chi connectivity index (χ1n) is 30.1. The fourth-order valence-electron chi connectivity index (χ4n) is 11.9. The number of aromatic nitrogens is 3. The fraction of sp³-hybridized carbons (Fsp3) is 0.217. The molecule has 3 amide bonds. The van der Waals surface area contributed by atoms with Gasteiger partial charge < -0.3 is 39.2 Å². The minimum absolute atomic E-state index is 0.00624. The molecule has 0 radical (unpaired) electrons. The molecule has 0 bridgehead atoms. The minimum atomic E-state index is -3.70. The van der Waals surface area contributed by atoms with Gasteiger partial charge in [-0.05, 0) is 83.9 Å². The second-order valence-electron chi connectivity index (χ2n) is 23.2. The van der Waals surface area contributed by atoms with Crippen molar-refractivity contribution in [3.05, 3.63) is 217 Å². The summed E-state index contributed by atoms with van der Waals surface area (Å²) in [6, 6.07) is 34.0. The summed E-state index contributed by atoms with van der Waals surface area (Å²) in [7, 11) is -3.47. The van der Waals surface area contributed by atoms with E-state index in [1.165, 1.54) is 59.6 Å². The van der Waals surface area contributed by atoms with Crippen molar-refractivity contribution in [2.24, 2.45) is 0 Å². The fourth-order valence-corrected chi connectivity index (χ4v) is 13.9. The van der Waals surface area contributed by atoms with Crippen LogP contribution in [0, 0.1) is 11.6 Å². The number of methoxy groups -OCH3 is 2. The Labute approximate surface area is 578 Å². The normalized spacial score (nSPS) is 13.3. The van der Waals surface area contributed by atoms with Crippen LogP contribution in [0.15, 0.2) is 140 Å². The van der Waals surface area contributed by atoms with Crippen LogP contribution < -0.4 is 37.2 Å². The monoisotopic (exact) mass is 1450 g/mol. The van der Waals surface area contributed by atoms with E-state index in [0.29, 0.717) is 72.3 Å². The van der Waals surface area contributed by atoms with Gasteiger partial charge in [0.05, 0.1) is 76.8 Å². The van der Waals surface area contributed by atoms with Crippen LogP contribution in [0.4, 0.5) is 25.8 Å². The van der Waals surface area contributed by atoms with Gasteiger partial charge in [-0.1, -0.05) is 71.7 Å². The predicted octanol–water partition coefficient (Wildman–Crippen LogP) is 10.9. The van der Waals surface area contributed by atoms with E-state index in [9.17, 15) is 53.5 Å². The van der Waals surface area contributed by atoms with Gasteiger partial charge in [0.1, 0.15) is 52.9 Å². The molecular formula is C69H63Cl2F2N9O14S3. The Morgan fingerprint density at radius 2 is 0.889 bits per heavy atom. The number of amides is 3. The summed E-state index contributed by atoms with van der Waals surface area (Å²) < 4.78 is 130. The summed E-state index contributed by atoms with van der Waals surface area (Å²) in [5, 5.41) is 14.9. The van der Waals surface area contributed by atoms with Gasteiger partial charge in [-0.3, -0.25) is 42.3 Å². The van der Waals surface area contributed by atoms with Crippen LogP contribution >= 0.6 is 23.2 Å². The highest BCUT2D eigenvalue weighted by molar-refractivity contribution is 7.92. The number of phenols is 1. The van der Waals surface area contributed by atoms with Gasteiger partial charge in [0.25, 0.3) is 17.7 Å². The summed E-state index contributed by atoms with van der Waals surface area (Å²) in [4.78, 5) is 55.4. The number of hydrogen-bond donors (Lipinski definition) is 2. The van der Waals surface area contributed by atoms with Crippen LogP contribution in [-0.2, 0) is 76.0 Å². The highest BCUT2D eigenvalue weighted by Crippen LogP contribution is 2.48. The largest absolute Gasteiger partial charge is 0.505 e. The van der Waals surface area contributed by atoms with Crippen molar-refractivity contribution >= 4 is 121 Å². The van der Waals surface area contributed by atoms with Gasteiger partial charge in [0.15, 0.2) is 17.2 Å². The van der Waals surface area contributed by atoms with Gasteiger partial charge in [-0.2, -0.15) is 0 Å². The number of halogens is 4. The Morgan fingerprint density at radius 3 is 1.30 bits per heavy atom. The number of anilines is 3. The highest BCUT2D eigenvalue weighted by atomic mass is 35.5.